The standard InChI is InChI=1S/C17H37NO5S/c1-14(16(2,3)4)23-15(13-22-11-10-21-8)12-18(17(5,6)7)24(9,19)20/h14-15H,10-13H2,1-9H3/t14-,15?/m0/s1. The molecule has 0 saturated carbocycles. The van der Waals surface area contributed by atoms with Crippen molar-refractivity contribution >= 4 is 10.0 Å². The number of methoxy groups -OCH3 is 1. The van der Waals surface area contributed by atoms with E-state index in [0.29, 0.717) is 19.8 Å². The van der Waals surface area contributed by atoms with Crippen LogP contribution in [-0.2, 0) is 24.2 Å². The Labute approximate surface area is 148 Å². The van der Waals surface area contributed by atoms with Gasteiger partial charge < -0.3 is 14.2 Å². The third-order valence-electron chi connectivity index (χ3n) is 3.87. The molecule has 1 unspecified atom stereocenters. The molecule has 146 valence electrons. The van der Waals surface area contributed by atoms with Crippen LogP contribution in [0.15, 0.2) is 0 Å². The van der Waals surface area contributed by atoms with Gasteiger partial charge in [-0.15, -0.1) is 0 Å². The van der Waals surface area contributed by atoms with Crippen LogP contribution in [0.5, 0.6) is 0 Å². The fourth-order valence-electron chi connectivity index (χ4n) is 2.08. The number of hydrogen-bond donors (Lipinski definition) is 0. The first-order chi connectivity index (χ1) is 10.7. The minimum Gasteiger partial charge on any atom is -0.382 e. The van der Waals surface area contributed by atoms with Crippen molar-refractivity contribution in [1.82, 2.24) is 4.31 Å². The first-order valence-corrected chi connectivity index (χ1v) is 10.2. The zero-order chi connectivity index (χ0) is 19.2. The Hall–Kier alpha value is -0.210. The average Bonchev–Trinajstić information content (AvgIpc) is 2.36. The second-order valence-corrected chi connectivity index (χ2v) is 10.2. The van der Waals surface area contributed by atoms with Crippen LogP contribution in [0.4, 0.5) is 0 Å². The first kappa shape index (κ1) is 23.8. The van der Waals surface area contributed by atoms with E-state index < -0.39 is 15.6 Å². The lowest BCUT2D eigenvalue weighted by Crippen LogP contribution is -2.51. The van der Waals surface area contributed by atoms with E-state index in [9.17, 15) is 8.42 Å². The Bertz CT molecular complexity index is 451. The lowest BCUT2D eigenvalue weighted by Gasteiger charge is -2.38. The normalized spacial score (nSPS) is 16.4. The Morgan fingerprint density at radius 1 is 1.04 bits per heavy atom. The molecule has 0 heterocycles. The van der Waals surface area contributed by atoms with Crippen molar-refractivity contribution in [1.29, 1.82) is 0 Å². The lowest BCUT2D eigenvalue weighted by atomic mass is 9.90. The van der Waals surface area contributed by atoms with Crippen molar-refractivity contribution in [2.24, 2.45) is 5.41 Å². The summed E-state index contributed by atoms with van der Waals surface area (Å²) in [5.74, 6) is 0. The molecule has 0 aliphatic heterocycles. The zero-order valence-corrected chi connectivity index (χ0v) is 17.7. The zero-order valence-electron chi connectivity index (χ0n) is 16.9. The van der Waals surface area contributed by atoms with Gasteiger partial charge in [0.25, 0.3) is 0 Å². The summed E-state index contributed by atoms with van der Waals surface area (Å²) in [6.07, 6.45) is 0.855. The quantitative estimate of drug-likeness (QED) is 0.555. The molecular formula is C17H37NO5S. The van der Waals surface area contributed by atoms with Crippen LogP contribution >= 0.6 is 0 Å². The second-order valence-electron chi connectivity index (χ2n) is 8.30. The van der Waals surface area contributed by atoms with Gasteiger partial charge in [0.05, 0.1) is 38.3 Å². The van der Waals surface area contributed by atoms with Gasteiger partial charge >= 0.3 is 0 Å². The minimum absolute atomic E-state index is 0.0325. The van der Waals surface area contributed by atoms with Crippen molar-refractivity contribution < 1.29 is 22.6 Å². The predicted octanol–water partition coefficient (Wildman–Crippen LogP) is 2.53. The molecular weight excluding hydrogens is 330 g/mol. The van der Waals surface area contributed by atoms with Crippen LogP contribution in [0.1, 0.15) is 48.5 Å². The third-order valence-corrected chi connectivity index (χ3v) is 5.37. The van der Waals surface area contributed by atoms with E-state index >= 15 is 0 Å². The van der Waals surface area contributed by atoms with Gasteiger partial charge in [-0.3, -0.25) is 0 Å². The highest BCUT2D eigenvalue weighted by Gasteiger charge is 2.34. The van der Waals surface area contributed by atoms with Gasteiger partial charge in [-0.25, -0.2) is 8.42 Å². The van der Waals surface area contributed by atoms with Crippen LogP contribution in [0.2, 0.25) is 0 Å². The summed E-state index contributed by atoms with van der Waals surface area (Å²) < 4.78 is 42.6. The van der Waals surface area contributed by atoms with Gasteiger partial charge in [0.2, 0.25) is 10.0 Å². The molecule has 0 radical (unpaired) electrons. The largest absolute Gasteiger partial charge is 0.382 e. The summed E-state index contributed by atoms with van der Waals surface area (Å²) in [6, 6.07) is 0. The maximum atomic E-state index is 12.2. The number of hydrogen-bond acceptors (Lipinski definition) is 5. The number of sulfonamides is 1. The molecule has 0 aliphatic carbocycles. The van der Waals surface area contributed by atoms with E-state index in [1.807, 2.05) is 27.7 Å². The molecule has 0 rings (SSSR count). The van der Waals surface area contributed by atoms with Gasteiger partial charge in [-0.1, -0.05) is 20.8 Å². The molecule has 0 saturated heterocycles. The number of ether oxygens (including phenoxy) is 3. The van der Waals surface area contributed by atoms with Crippen LogP contribution in [0.3, 0.4) is 0 Å². The SMILES string of the molecule is COCCOCC(CN(C(C)(C)C)S(C)(=O)=O)O[C@@H](C)C(C)(C)C. The van der Waals surface area contributed by atoms with E-state index in [0.717, 1.165) is 0 Å². The first-order valence-electron chi connectivity index (χ1n) is 8.39. The highest BCUT2D eigenvalue weighted by Crippen LogP contribution is 2.25. The maximum Gasteiger partial charge on any atom is 0.211 e. The van der Waals surface area contributed by atoms with Crippen LogP contribution in [-0.4, -0.2) is 70.2 Å². The highest BCUT2D eigenvalue weighted by molar-refractivity contribution is 7.88. The molecule has 0 bridgehead atoms. The number of nitrogens with zero attached hydrogens (tertiary/aromatic N) is 1. The molecule has 0 aromatic carbocycles. The minimum atomic E-state index is -3.35. The van der Waals surface area contributed by atoms with E-state index in [1.54, 1.807) is 7.11 Å². The second kappa shape index (κ2) is 9.48. The van der Waals surface area contributed by atoms with E-state index in [2.05, 4.69) is 20.8 Å². The summed E-state index contributed by atoms with van der Waals surface area (Å²) in [4.78, 5) is 0. The summed E-state index contributed by atoms with van der Waals surface area (Å²) >= 11 is 0. The summed E-state index contributed by atoms with van der Waals surface area (Å²) in [7, 11) is -1.74. The van der Waals surface area contributed by atoms with E-state index in [4.69, 9.17) is 14.2 Å². The predicted molar refractivity (Wildman–Crippen MR) is 97.8 cm³/mol. The molecule has 0 fully saturated rings. The molecule has 0 spiro atoms. The van der Waals surface area contributed by atoms with Gasteiger partial charge in [-0.05, 0) is 33.1 Å². The van der Waals surface area contributed by atoms with Crippen LogP contribution in [0, 0.1) is 5.41 Å². The molecule has 0 aliphatic rings. The topological polar surface area (TPSA) is 65.1 Å². The molecule has 0 aromatic heterocycles. The summed E-state index contributed by atoms with van der Waals surface area (Å²) in [5.41, 5.74) is -0.560. The molecule has 0 N–H and O–H groups in total. The van der Waals surface area contributed by atoms with Crippen LogP contribution in [0.25, 0.3) is 0 Å². The van der Waals surface area contributed by atoms with E-state index in [-0.39, 0.29) is 24.2 Å². The molecule has 0 amide bonds. The van der Waals surface area contributed by atoms with Crippen molar-refractivity contribution in [2.75, 3.05) is 39.7 Å². The Kier molecular flexibility index (Phi) is 9.39. The lowest BCUT2D eigenvalue weighted by molar-refractivity contribution is -0.0975. The molecule has 7 heteroatoms. The number of rotatable bonds is 10. The Morgan fingerprint density at radius 3 is 1.96 bits per heavy atom. The molecule has 6 nitrogen and oxygen atoms in total. The Morgan fingerprint density at radius 2 is 1.58 bits per heavy atom. The molecule has 2 atom stereocenters. The van der Waals surface area contributed by atoms with Crippen molar-refractivity contribution in [3.05, 3.63) is 0 Å². The molecule has 0 aromatic rings. The average molecular weight is 368 g/mol. The van der Waals surface area contributed by atoms with Crippen molar-refractivity contribution in [3.63, 3.8) is 0 Å². The van der Waals surface area contributed by atoms with Crippen LogP contribution < -0.4 is 0 Å². The fourth-order valence-corrected chi connectivity index (χ4v) is 3.51. The monoisotopic (exact) mass is 367 g/mol. The van der Waals surface area contributed by atoms with Gasteiger partial charge in [0.15, 0.2) is 0 Å². The van der Waals surface area contributed by atoms with E-state index in [1.165, 1.54) is 10.6 Å². The Balaban J connectivity index is 5.14. The van der Waals surface area contributed by atoms with Gasteiger partial charge in [0.1, 0.15) is 0 Å². The van der Waals surface area contributed by atoms with Crippen molar-refractivity contribution in [2.45, 2.75) is 66.2 Å². The van der Waals surface area contributed by atoms with Gasteiger partial charge in [0, 0.05) is 19.2 Å². The summed E-state index contributed by atoms with van der Waals surface area (Å²) in [5, 5.41) is 0. The van der Waals surface area contributed by atoms with Crippen molar-refractivity contribution in [3.8, 4) is 0 Å². The highest BCUT2D eigenvalue weighted by atomic mass is 32.2. The smallest absolute Gasteiger partial charge is 0.211 e. The van der Waals surface area contributed by atoms with Gasteiger partial charge in [-0.2, -0.15) is 4.31 Å². The third kappa shape index (κ3) is 9.32. The fraction of sp³-hybridized carbons (Fsp3) is 1.00. The summed E-state index contributed by atoms with van der Waals surface area (Å²) in [6.45, 7) is 15.5. The molecule has 24 heavy (non-hydrogen) atoms. The maximum absolute atomic E-state index is 12.2.